The van der Waals surface area contributed by atoms with Crippen molar-refractivity contribution in [3.63, 3.8) is 0 Å². The number of esters is 3. The van der Waals surface area contributed by atoms with E-state index >= 15 is 8.78 Å². The monoisotopic (exact) mass is 548 g/mol. The van der Waals surface area contributed by atoms with E-state index in [4.69, 9.17) is 18.9 Å². The number of carbonyl (C=O) groups excluding carboxylic acids is 3. The van der Waals surface area contributed by atoms with Crippen LogP contribution in [0.5, 0.6) is 23.0 Å². The maximum atomic E-state index is 15.1. The van der Waals surface area contributed by atoms with Crippen molar-refractivity contribution >= 4 is 17.9 Å². The van der Waals surface area contributed by atoms with E-state index < -0.39 is 29.6 Å². The lowest BCUT2D eigenvalue weighted by atomic mass is 10.0. The summed E-state index contributed by atoms with van der Waals surface area (Å²) in [6.45, 7) is 14.8. The first-order chi connectivity index (χ1) is 18.8. The molecule has 0 unspecified atom stereocenters. The first-order valence-electron chi connectivity index (χ1n) is 11.8. The molecule has 3 aromatic carbocycles. The van der Waals surface area contributed by atoms with E-state index in [2.05, 4.69) is 19.7 Å². The molecule has 0 aliphatic carbocycles. The van der Waals surface area contributed by atoms with Crippen LogP contribution >= 0.6 is 0 Å². The van der Waals surface area contributed by atoms with Crippen LogP contribution in [0, 0.1) is 0 Å². The fraction of sp³-hybridized carbons (Fsp3) is 0.129. The van der Waals surface area contributed by atoms with E-state index in [-0.39, 0.29) is 34.0 Å². The molecule has 206 valence electrons. The Bertz CT molecular complexity index is 1490. The maximum Gasteiger partial charge on any atom is 0.426 e. The van der Waals surface area contributed by atoms with Crippen molar-refractivity contribution in [2.75, 3.05) is 0 Å². The predicted octanol–water partition coefficient (Wildman–Crippen LogP) is 6.93. The number of hydrogen-bond donors (Lipinski definition) is 0. The van der Waals surface area contributed by atoms with E-state index in [1.54, 1.807) is 24.3 Å². The SMILES string of the molecule is C=C(C)C(=O)Oc1ccc(-c2ccc(C(F)(F)Oc3ccc(OC(=O)C(=C)C)c(OC(=O)C(=C)C)c3)cc2)cc1. The molecule has 0 fully saturated rings. The Hall–Kier alpha value is -5.05. The van der Waals surface area contributed by atoms with Gasteiger partial charge in [0, 0.05) is 22.8 Å². The van der Waals surface area contributed by atoms with Crippen LogP contribution in [0.15, 0.2) is 103 Å². The summed E-state index contributed by atoms with van der Waals surface area (Å²) in [5, 5.41) is 0. The Morgan fingerprint density at radius 1 is 0.600 bits per heavy atom. The molecule has 7 nitrogen and oxygen atoms in total. The van der Waals surface area contributed by atoms with Crippen LogP contribution in [0.25, 0.3) is 11.1 Å². The molecule has 0 spiro atoms. The molecule has 3 aromatic rings. The number of hydrogen-bond acceptors (Lipinski definition) is 7. The van der Waals surface area contributed by atoms with Gasteiger partial charge in [-0.2, -0.15) is 8.78 Å². The van der Waals surface area contributed by atoms with Crippen LogP contribution in [0.1, 0.15) is 26.3 Å². The molecule has 0 saturated carbocycles. The zero-order valence-corrected chi connectivity index (χ0v) is 22.1. The topological polar surface area (TPSA) is 88.1 Å². The largest absolute Gasteiger partial charge is 0.429 e. The van der Waals surface area contributed by atoms with Gasteiger partial charge in [0.25, 0.3) is 0 Å². The zero-order valence-electron chi connectivity index (χ0n) is 22.1. The first kappa shape index (κ1) is 29.5. The average Bonchev–Trinajstić information content (AvgIpc) is 2.90. The van der Waals surface area contributed by atoms with E-state index in [9.17, 15) is 14.4 Å². The minimum absolute atomic E-state index is 0.0384. The number of carbonyl (C=O) groups is 3. The Morgan fingerprint density at radius 3 is 1.52 bits per heavy atom. The lowest BCUT2D eigenvalue weighted by Gasteiger charge is -2.20. The van der Waals surface area contributed by atoms with Gasteiger partial charge in [-0.15, -0.1) is 0 Å². The van der Waals surface area contributed by atoms with Crippen LogP contribution in [0.3, 0.4) is 0 Å². The van der Waals surface area contributed by atoms with Crippen molar-refractivity contribution in [2.24, 2.45) is 0 Å². The van der Waals surface area contributed by atoms with Gasteiger partial charge >= 0.3 is 24.0 Å². The highest BCUT2D eigenvalue weighted by molar-refractivity contribution is 5.91. The van der Waals surface area contributed by atoms with Gasteiger partial charge in [-0.25, -0.2) is 14.4 Å². The lowest BCUT2D eigenvalue weighted by Crippen LogP contribution is -2.22. The Labute approximate surface area is 229 Å². The van der Waals surface area contributed by atoms with Gasteiger partial charge in [0.05, 0.1) is 5.56 Å². The molecule has 0 heterocycles. The van der Waals surface area contributed by atoms with Crippen LogP contribution in [0.4, 0.5) is 8.78 Å². The number of ether oxygens (including phenoxy) is 4. The molecule has 0 bridgehead atoms. The molecule has 0 aromatic heterocycles. The average molecular weight is 549 g/mol. The van der Waals surface area contributed by atoms with Crippen LogP contribution in [0.2, 0.25) is 0 Å². The van der Waals surface area contributed by atoms with Crippen molar-refractivity contribution in [3.05, 3.63) is 109 Å². The summed E-state index contributed by atoms with van der Waals surface area (Å²) in [7, 11) is 0. The fourth-order valence-electron chi connectivity index (χ4n) is 3.06. The summed E-state index contributed by atoms with van der Waals surface area (Å²) in [6, 6.07) is 15.2. The second-order valence-electron chi connectivity index (χ2n) is 8.84. The minimum Gasteiger partial charge on any atom is -0.429 e. The Morgan fingerprint density at radius 2 is 1.02 bits per heavy atom. The maximum absolute atomic E-state index is 15.1. The van der Waals surface area contributed by atoms with Gasteiger partial charge in [-0.3, -0.25) is 0 Å². The smallest absolute Gasteiger partial charge is 0.426 e. The van der Waals surface area contributed by atoms with E-state index in [1.807, 2.05) is 0 Å². The third-order valence-electron chi connectivity index (χ3n) is 5.23. The molecule has 0 aliphatic rings. The minimum atomic E-state index is -3.77. The van der Waals surface area contributed by atoms with Crippen molar-refractivity contribution in [2.45, 2.75) is 26.9 Å². The molecule has 0 N–H and O–H groups in total. The highest BCUT2D eigenvalue weighted by atomic mass is 19.3. The van der Waals surface area contributed by atoms with Gasteiger partial charge in [0.1, 0.15) is 11.5 Å². The second-order valence-corrected chi connectivity index (χ2v) is 8.84. The Balaban J connectivity index is 1.80. The molecule has 9 heteroatoms. The molecule has 0 radical (unpaired) electrons. The molecule has 40 heavy (non-hydrogen) atoms. The van der Waals surface area contributed by atoms with Crippen molar-refractivity contribution in [1.29, 1.82) is 0 Å². The van der Waals surface area contributed by atoms with Crippen LogP contribution < -0.4 is 18.9 Å². The summed E-state index contributed by atoms with van der Waals surface area (Å²) in [6.07, 6.45) is -3.77. The van der Waals surface area contributed by atoms with Gasteiger partial charge in [-0.05, 0) is 68.3 Å². The molecule has 0 atom stereocenters. The fourth-order valence-corrected chi connectivity index (χ4v) is 3.06. The van der Waals surface area contributed by atoms with Gasteiger partial charge in [0.2, 0.25) is 0 Å². The van der Waals surface area contributed by atoms with Crippen molar-refractivity contribution in [1.82, 2.24) is 0 Å². The zero-order chi connectivity index (χ0) is 29.6. The first-order valence-corrected chi connectivity index (χ1v) is 11.8. The highest BCUT2D eigenvalue weighted by Crippen LogP contribution is 2.38. The Kier molecular flexibility index (Phi) is 9.00. The van der Waals surface area contributed by atoms with Crippen molar-refractivity contribution in [3.8, 4) is 34.1 Å². The third kappa shape index (κ3) is 7.50. The standard InChI is InChI=1S/C31H26F2O7/c1-18(2)28(34)37-24-13-9-22(10-14-24)21-7-11-23(12-8-21)31(32,33)40-25-15-16-26(38-29(35)19(3)4)27(17-25)39-30(36)20(5)6/h7-17H,1,3,5H2,2,4,6H3. The summed E-state index contributed by atoms with van der Waals surface area (Å²) in [4.78, 5) is 35.6. The lowest BCUT2D eigenvalue weighted by molar-refractivity contribution is -0.185. The van der Waals surface area contributed by atoms with E-state index in [1.165, 1.54) is 45.0 Å². The van der Waals surface area contributed by atoms with E-state index in [0.29, 0.717) is 16.9 Å². The summed E-state index contributed by atoms with van der Waals surface area (Å²) in [5.74, 6) is -2.74. The highest BCUT2D eigenvalue weighted by Gasteiger charge is 2.35. The molecule has 0 amide bonds. The summed E-state index contributed by atoms with van der Waals surface area (Å²) < 4.78 is 50.5. The molecule has 0 aliphatic heterocycles. The number of halogens is 2. The molecule has 3 rings (SSSR count). The second kappa shape index (κ2) is 12.2. The van der Waals surface area contributed by atoms with Crippen molar-refractivity contribution < 1.29 is 42.1 Å². The predicted molar refractivity (Wildman–Crippen MR) is 144 cm³/mol. The van der Waals surface area contributed by atoms with Gasteiger partial charge in [0.15, 0.2) is 11.5 Å². The van der Waals surface area contributed by atoms with Crippen LogP contribution in [-0.2, 0) is 20.5 Å². The number of benzene rings is 3. The summed E-state index contributed by atoms with van der Waals surface area (Å²) in [5.41, 5.74) is 1.27. The van der Waals surface area contributed by atoms with Crippen LogP contribution in [-0.4, -0.2) is 17.9 Å². The van der Waals surface area contributed by atoms with E-state index in [0.717, 1.165) is 18.2 Å². The quantitative estimate of drug-likeness (QED) is 0.154. The summed E-state index contributed by atoms with van der Waals surface area (Å²) >= 11 is 0. The third-order valence-corrected chi connectivity index (χ3v) is 5.23. The molecular formula is C31H26F2O7. The molecule has 0 saturated heterocycles. The normalized spacial score (nSPS) is 10.7. The van der Waals surface area contributed by atoms with Gasteiger partial charge < -0.3 is 18.9 Å². The molecular weight excluding hydrogens is 522 g/mol. The number of alkyl halides is 2. The van der Waals surface area contributed by atoms with Gasteiger partial charge in [-0.1, -0.05) is 44.0 Å². The number of rotatable bonds is 10.